The maximum absolute atomic E-state index is 11.6. The van der Waals surface area contributed by atoms with Crippen molar-refractivity contribution in [1.82, 2.24) is 4.90 Å². The molecule has 0 unspecified atom stereocenters. The van der Waals surface area contributed by atoms with Gasteiger partial charge >= 0.3 is 6.09 Å². The standard InChI is InChI=1S/C12H19NO3/c1-2-4-11(14)7-9-5-3-6-10-8-16-12(15)13(9)10/h9-10H,2-8H2,1H3/t9-,10-/m0/s1. The van der Waals surface area contributed by atoms with Crippen LogP contribution >= 0.6 is 0 Å². The number of Topliss-reactive ketones (excluding diaryl/α,β-unsaturated/α-hetero) is 1. The summed E-state index contributed by atoms with van der Waals surface area (Å²) in [5.74, 6) is 0.271. The molecule has 2 heterocycles. The summed E-state index contributed by atoms with van der Waals surface area (Å²) in [6.07, 6.45) is 4.87. The van der Waals surface area contributed by atoms with Gasteiger partial charge in [-0.2, -0.15) is 0 Å². The molecule has 0 aromatic carbocycles. The van der Waals surface area contributed by atoms with E-state index in [0.717, 1.165) is 25.7 Å². The van der Waals surface area contributed by atoms with Crippen LogP contribution in [0.25, 0.3) is 0 Å². The largest absolute Gasteiger partial charge is 0.447 e. The van der Waals surface area contributed by atoms with E-state index >= 15 is 0 Å². The smallest absolute Gasteiger partial charge is 0.410 e. The van der Waals surface area contributed by atoms with Gasteiger partial charge < -0.3 is 4.74 Å². The van der Waals surface area contributed by atoms with Gasteiger partial charge in [0, 0.05) is 18.9 Å². The number of cyclic esters (lactones) is 1. The number of carbonyl (C=O) groups excluding carboxylic acids is 2. The summed E-state index contributed by atoms with van der Waals surface area (Å²) in [5.41, 5.74) is 0. The predicted molar refractivity (Wildman–Crippen MR) is 59.1 cm³/mol. The maximum atomic E-state index is 11.6. The Kier molecular flexibility index (Phi) is 3.46. The van der Waals surface area contributed by atoms with Gasteiger partial charge in [-0.15, -0.1) is 0 Å². The first kappa shape index (κ1) is 11.4. The molecule has 2 atom stereocenters. The zero-order valence-corrected chi connectivity index (χ0v) is 9.78. The molecule has 2 saturated heterocycles. The Hall–Kier alpha value is -1.06. The minimum Gasteiger partial charge on any atom is -0.447 e. The van der Waals surface area contributed by atoms with Gasteiger partial charge in [-0.25, -0.2) is 4.79 Å². The van der Waals surface area contributed by atoms with Gasteiger partial charge in [0.25, 0.3) is 0 Å². The van der Waals surface area contributed by atoms with Crippen LogP contribution in [0.15, 0.2) is 0 Å². The van der Waals surface area contributed by atoms with Crippen LogP contribution in [0.1, 0.15) is 45.4 Å². The van der Waals surface area contributed by atoms with E-state index in [-0.39, 0.29) is 24.0 Å². The van der Waals surface area contributed by atoms with Gasteiger partial charge in [0.05, 0.1) is 6.04 Å². The lowest BCUT2D eigenvalue weighted by Crippen LogP contribution is -2.46. The van der Waals surface area contributed by atoms with E-state index in [9.17, 15) is 9.59 Å². The molecule has 0 aromatic rings. The van der Waals surface area contributed by atoms with Crippen molar-refractivity contribution in [3.63, 3.8) is 0 Å². The summed E-state index contributed by atoms with van der Waals surface area (Å²) < 4.78 is 5.05. The number of ketones is 1. The van der Waals surface area contributed by atoms with Crippen molar-refractivity contribution in [2.24, 2.45) is 0 Å². The van der Waals surface area contributed by atoms with E-state index < -0.39 is 0 Å². The number of amides is 1. The van der Waals surface area contributed by atoms with E-state index in [0.29, 0.717) is 19.4 Å². The fourth-order valence-electron chi connectivity index (χ4n) is 2.71. The Labute approximate surface area is 95.9 Å². The molecular formula is C12H19NO3. The number of nitrogens with zero attached hydrogens (tertiary/aromatic N) is 1. The molecule has 2 fully saturated rings. The Morgan fingerprint density at radius 2 is 2.31 bits per heavy atom. The third-order valence-corrected chi connectivity index (χ3v) is 3.46. The molecule has 0 aromatic heterocycles. The summed E-state index contributed by atoms with van der Waals surface area (Å²) in [4.78, 5) is 25.0. The molecule has 0 aliphatic carbocycles. The van der Waals surface area contributed by atoms with Gasteiger partial charge in [-0.05, 0) is 25.7 Å². The molecule has 16 heavy (non-hydrogen) atoms. The number of fused-ring (bicyclic) bond motifs is 1. The monoisotopic (exact) mass is 225 g/mol. The van der Waals surface area contributed by atoms with Gasteiger partial charge in [0.15, 0.2) is 0 Å². The van der Waals surface area contributed by atoms with Crippen molar-refractivity contribution in [3.8, 4) is 0 Å². The summed E-state index contributed by atoms with van der Waals surface area (Å²) in [6.45, 7) is 2.52. The Balaban J connectivity index is 1.97. The average Bonchev–Trinajstić information content (AvgIpc) is 2.62. The van der Waals surface area contributed by atoms with E-state index in [4.69, 9.17) is 4.74 Å². The van der Waals surface area contributed by atoms with Crippen molar-refractivity contribution < 1.29 is 14.3 Å². The summed E-state index contributed by atoms with van der Waals surface area (Å²) in [7, 11) is 0. The molecule has 2 aliphatic rings. The molecule has 0 bridgehead atoms. The predicted octanol–water partition coefficient (Wildman–Crippen LogP) is 2.12. The van der Waals surface area contributed by atoms with Crippen molar-refractivity contribution in [3.05, 3.63) is 0 Å². The molecule has 0 N–H and O–H groups in total. The fraction of sp³-hybridized carbons (Fsp3) is 0.833. The molecule has 2 aliphatic heterocycles. The van der Waals surface area contributed by atoms with Crippen LogP contribution in [0.3, 0.4) is 0 Å². The van der Waals surface area contributed by atoms with Crippen LogP contribution in [0.2, 0.25) is 0 Å². The third kappa shape index (κ3) is 2.20. The molecule has 0 radical (unpaired) electrons. The molecule has 2 rings (SSSR count). The van der Waals surface area contributed by atoms with Gasteiger partial charge in [0.2, 0.25) is 0 Å². The molecule has 1 amide bonds. The third-order valence-electron chi connectivity index (χ3n) is 3.46. The molecule has 0 saturated carbocycles. The first-order valence-corrected chi connectivity index (χ1v) is 6.19. The second-order valence-corrected chi connectivity index (χ2v) is 4.72. The van der Waals surface area contributed by atoms with Crippen molar-refractivity contribution >= 4 is 11.9 Å². The lowest BCUT2D eigenvalue weighted by atomic mass is 9.93. The summed E-state index contributed by atoms with van der Waals surface area (Å²) >= 11 is 0. The molecule has 4 heteroatoms. The molecule has 0 spiro atoms. The molecule has 4 nitrogen and oxygen atoms in total. The van der Waals surface area contributed by atoms with Gasteiger partial charge in [0.1, 0.15) is 12.4 Å². The van der Waals surface area contributed by atoms with E-state index in [1.165, 1.54) is 0 Å². The Bertz CT molecular complexity index is 290. The maximum Gasteiger partial charge on any atom is 0.410 e. The topological polar surface area (TPSA) is 46.6 Å². The summed E-state index contributed by atoms with van der Waals surface area (Å²) in [6, 6.07) is 0.313. The Morgan fingerprint density at radius 3 is 3.06 bits per heavy atom. The second kappa shape index (κ2) is 4.85. The van der Waals surface area contributed by atoms with E-state index in [1.54, 1.807) is 4.90 Å². The minimum absolute atomic E-state index is 0.0906. The number of piperidine rings is 1. The number of carbonyl (C=O) groups is 2. The zero-order valence-electron chi connectivity index (χ0n) is 9.78. The molecular weight excluding hydrogens is 206 g/mol. The SMILES string of the molecule is CCCC(=O)C[C@@H]1CCC[C@H]2COC(=O)N21. The number of hydrogen-bond acceptors (Lipinski definition) is 3. The van der Waals surface area contributed by atoms with Crippen LogP contribution < -0.4 is 0 Å². The van der Waals surface area contributed by atoms with E-state index in [1.807, 2.05) is 6.92 Å². The van der Waals surface area contributed by atoms with Crippen LogP contribution in [0, 0.1) is 0 Å². The summed E-state index contributed by atoms with van der Waals surface area (Å²) in [5, 5.41) is 0. The van der Waals surface area contributed by atoms with Crippen LogP contribution in [0.5, 0.6) is 0 Å². The van der Waals surface area contributed by atoms with Gasteiger partial charge in [-0.3, -0.25) is 9.69 Å². The highest BCUT2D eigenvalue weighted by Gasteiger charge is 2.40. The minimum atomic E-state index is -0.223. The average molecular weight is 225 g/mol. The van der Waals surface area contributed by atoms with Crippen LogP contribution in [-0.2, 0) is 9.53 Å². The number of hydrogen-bond donors (Lipinski definition) is 0. The van der Waals surface area contributed by atoms with Crippen molar-refractivity contribution in [1.29, 1.82) is 0 Å². The highest BCUT2D eigenvalue weighted by Crippen LogP contribution is 2.30. The highest BCUT2D eigenvalue weighted by atomic mass is 16.6. The number of ether oxygens (including phenoxy) is 1. The first-order valence-electron chi connectivity index (χ1n) is 6.19. The zero-order chi connectivity index (χ0) is 11.5. The lowest BCUT2D eigenvalue weighted by Gasteiger charge is -2.34. The van der Waals surface area contributed by atoms with Gasteiger partial charge in [-0.1, -0.05) is 6.92 Å². The van der Waals surface area contributed by atoms with Crippen molar-refractivity contribution in [2.45, 2.75) is 57.5 Å². The van der Waals surface area contributed by atoms with Crippen LogP contribution in [-0.4, -0.2) is 35.5 Å². The first-order chi connectivity index (χ1) is 7.72. The van der Waals surface area contributed by atoms with E-state index in [2.05, 4.69) is 0 Å². The number of rotatable bonds is 4. The normalized spacial score (nSPS) is 28.8. The molecule has 90 valence electrons. The lowest BCUT2D eigenvalue weighted by molar-refractivity contribution is -0.120. The quantitative estimate of drug-likeness (QED) is 0.736. The highest BCUT2D eigenvalue weighted by molar-refractivity contribution is 5.80. The van der Waals surface area contributed by atoms with Crippen molar-refractivity contribution in [2.75, 3.05) is 6.61 Å². The van der Waals surface area contributed by atoms with Crippen LogP contribution in [0.4, 0.5) is 4.79 Å². The Morgan fingerprint density at radius 1 is 1.50 bits per heavy atom. The second-order valence-electron chi connectivity index (χ2n) is 4.72. The fourth-order valence-corrected chi connectivity index (χ4v) is 2.71.